The Morgan fingerprint density at radius 2 is 1.59 bits per heavy atom. The molecular weight excluding hydrogens is 276 g/mol. The average Bonchev–Trinajstić information content (AvgIpc) is 2.53. The van der Waals surface area contributed by atoms with Crippen LogP contribution in [0.25, 0.3) is 10.8 Å². The summed E-state index contributed by atoms with van der Waals surface area (Å²) in [6.07, 6.45) is 0. The van der Waals surface area contributed by atoms with Gasteiger partial charge in [0.25, 0.3) is 0 Å². The number of rotatable bonds is 3. The van der Waals surface area contributed by atoms with Crippen LogP contribution in [0.1, 0.15) is 24.0 Å². The smallest absolute Gasteiger partial charge is 0.123 e. The van der Waals surface area contributed by atoms with Crippen molar-refractivity contribution in [1.29, 1.82) is 0 Å². The summed E-state index contributed by atoms with van der Waals surface area (Å²) in [5.41, 5.74) is 1.91. The van der Waals surface area contributed by atoms with Crippen LogP contribution < -0.4 is 4.74 Å². The van der Waals surface area contributed by atoms with E-state index >= 15 is 0 Å². The van der Waals surface area contributed by atoms with Gasteiger partial charge in [-0.05, 0) is 34.5 Å². The quantitative estimate of drug-likeness (QED) is 0.752. The molecule has 0 saturated carbocycles. The van der Waals surface area contributed by atoms with Crippen molar-refractivity contribution in [3.63, 3.8) is 0 Å². The monoisotopic (exact) mass is 294 g/mol. The summed E-state index contributed by atoms with van der Waals surface area (Å²) >= 11 is 0. The molecule has 0 aliphatic carbocycles. The zero-order valence-electron chi connectivity index (χ0n) is 12.6. The van der Waals surface area contributed by atoms with Crippen LogP contribution in [0.15, 0.2) is 54.6 Å². The summed E-state index contributed by atoms with van der Waals surface area (Å²) in [7, 11) is 1.66. The van der Waals surface area contributed by atoms with Gasteiger partial charge in [-0.25, -0.2) is 0 Å². The first kappa shape index (κ1) is 14.3. The largest absolute Gasteiger partial charge is 0.508 e. The molecule has 0 aliphatic rings. The van der Waals surface area contributed by atoms with Gasteiger partial charge in [0.2, 0.25) is 0 Å². The molecule has 3 aromatic carbocycles. The molecule has 1 unspecified atom stereocenters. The summed E-state index contributed by atoms with van der Waals surface area (Å²) in [5, 5.41) is 21.7. The third-order valence-electron chi connectivity index (χ3n) is 4.05. The predicted octanol–water partition coefficient (Wildman–Crippen LogP) is 4.41. The van der Waals surface area contributed by atoms with Gasteiger partial charge in [0, 0.05) is 17.5 Å². The third kappa shape index (κ3) is 2.58. The maximum atomic E-state index is 10.0. The van der Waals surface area contributed by atoms with Crippen molar-refractivity contribution < 1.29 is 14.9 Å². The Morgan fingerprint density at radius 3 is 2.32 bits per heavy atom. The van der Waals surface area contributed by atoms with E-state index < -0.39 is 0 Å². The van der Waals surface area contributed by atoms with E-state index in [4.69, 9.17) is 4.74 Å². The minimum absolute atomic E-state index is 0.0344. The van der Waals surface area contributed by atoms with Crippen molar-refractivity contribution in [2.45, 2.75) is 12.8 Å². The topological polar surface area (TPSA) is 49.7 Å². The van der Waals surface area contributed by atoms with E-state index in [1.807, 2.05) is 25.1 Å². The van der Waals surface area contributed by atoms with Gasteiger partial charge in [-0.15, -0.1) is 0 Å². The van der Waals surface area contributed by atoms with Gasteiger partial charge >= 0.3 is 0 Å². The third-order valence-corrected chi connectivity index (χ3v) is 4.05. The number of aromatic hydroxyl groups is 2. The number of ether oxygens (including phenoxy) is 1. The van der Waals surface area contributed by atoms with Crippen LogP contribution in [0.2, 0.25) is 0 Å². The zero-order chi connectivity index (χ0) is 15.7. The second-order valence-corrected chi connectivity index (χ2v) is 5.44. The van der Waals surface area contributed by atoms with Gasteiger partial charge in [-0.3, -0.25) is 0 Å². The number of methoxy groups -OCH3 is 1. The lowest BCUT2D eigenvalue weighted by molar-refractivity contribution is 0.415. The molecule has 22 heavy (non-hydrogen) atoms. The van der Waals surface area contributed by atoms with E-state index in [0.717, 1.165) is 27.6 Å². The maximum absolute atomic E-state index is 10.0. The molecule has 0 saturated heterocycles. The van der Waals surface area contributed by atoms with Crippen LogP contribution in [0, 0.1) is 0 Å². The van der Waals surface area contributed by atoms with Gasteiger partial charge < -0.3 is 14.9 Å². The van der Waals surface area contributed by atoms with Gasteiger partial charge in [0.05, 0.1) is 7.11 Å². The first-order chi connectivity index (χ1) is 10.6. The molecule has 112 valence electrons. The molecule has 3 rings (SSSR count). The molecule has 0 amide bonds. The average molecular weight is 294 g/mol. The predicted molar refractivity (Wildman–Crippen MR) is 87.8 cm³/mol. The van der Waals surface area contributed by atoms with Gasteiger partial charge in [-0.1, -0.05) is 37.3 Å². The molecule has 0 bridgehead atoms. The molecule has 0 radical (unpaired) electrons. The second kappa shape index (κ2) is 5.60. The van der Waals surface area contributed by atoms with Crippen molar-refractivity contribution in [2.75, 3.05) is 7.11 Å². The summed E-state index contributed by atoms with van der Waals surface area (Å²) in [6.45, 7) is 2.04. The van der Waals surface area contributed by atoms with E-state index in [2.05, 4.69) is 18.2 Å². The molecule has 3 nitrogen and oxygen atoms in total. The lowest BCUT2D eigenvalue weighted by Crippen LogP contribution is -1.96. The van der Waals surface area contributed by atoms with Gasteiger partial charge in [0.15, 0.2) is 0 Å². The Bertz CT molecular complexity index is 824. The highest BCUT2D eigenvalue weighted by atomic mass is 16.5. The number of benzene rings is 3. The fourth-order valence-corrected chi connectivity index (χ4v) is 2.72. The SMILES string of the molecule is COc1ccc2cc(C(C)c3ccc(O)cc3O)ccc2c1. The van der Waals surface area contributed by atoms with Crippen molar-refractivity contribution >= 4 is 10.8 Å². The Kier molecular flexibility index (Phi) is 3.63. The molecular formula is C19H18O3. The standard InChI is InChI=1S/C19H18O3/c1-12(18-8-6-16(20)11-19(18)21)13-3-4-15-10-17(22-2)7-5-14(15)9-13/h3-12,20-21H,1-2H3. The van der Waals surface area contributed by atoms with Crippen LogP contribution in [0.3, 0.4) is 0 Å². The fourth-order valence-electron chi connectivity index (χ4n) is 2.72. The highest BCUT2D eigenvalue weighted by Gasteiger charge is 2.13. The normalized spacial score (nSPS) is 12.3. The van der Waals surface area contributed by atoms with E-state index in [1.165, 1.54) is 6.07 Å². The van der Waals surface area contributed by atoms with E-state index in [-0.39, 0.29) is 17.4 Å². The van der Waals surface area contributed by atoms with E-state index in [0.29, 0.717) is 0 Å². The highest BCUT2D eigenvalue weighted by molar-refractivity contribution is 5.84. The molecule has 2 N–H and O–H groups in total. The summed E-state index contributed by atoms with van der Waals surface area (Å²) < 4.78 is 5.24. The Morgan fingerprint density at radius 1 is 0.864 bits per heavy atom. The molecule has 0 spiro atoms. The molecule has 0 aliphatic heterocycles. The first-order valence-electron chi connectivity index (χ1n) is 7.18. The van der Waals surface area contributed by atoms with Crippen LogP contribution in [0.5, 0.6) is 17.2 Å². The zero-order valence-corrected chi connectivity index (χ0v) is 12.6. The van der Waals surface area contributed by atoms with Crippen LogP contribution in [-0.4, -0.2) is 17.3 Å². The Labute approximate surface area is 129 Å². The minimum Gasteiger partial charge on any atom is -0.508 e. The number of hydrogen-bond acceptors (Lipinski definition) is 3. The number of phenols is 2. The Balaban J connectivity index is 2.02. The van der Waals surface area contributed by atoms with Crippen molar-refractivity contribution in [3.8, 4) is 17.2 Å². The summed E-state index contributed by atoms with van der Waals surface area (Å²) in [5.74, 6) is 1.05. The van der Waals surface area contributed by atoms with E-state index in [1.54, 1.807) is 19.2 Å². The number of hydrogen-bond donors (Lipinski definition) is 2. The maximum Gasteiger partial charge on any atom is 0.123 e. The molecule has 0 aromatic heterocycles. The fraction of sp³-hybridized carbons (Fsp3) is 0.158. The number of fused-ring (bicyclic) bond motifs is 1. The van der Waals surface area contributed by atoms with Crippen LogP contribution >= 0.6 is 0 Å². The van der Waals surface area contributed by atoms with Gasteiger partial charge in [-0.2, -0.15) is 0 Å². The van der Waals surface area contributed by atoms with Crippen molar-refractivity contribution in [2.24, 2.45) is 0 Å². The van der Waals surface area contributed by atoms with Crippen molar-refractivity contribution in [1.82, 2.24) is 0 Å². The van der Waals surface area contributed by atoms with Crippen molar-refractivity contribution in [3.05, 3.63) is 65.7 Å². The van der Waals surface area contributed by atoms with Gasteiger partial charge in [0.1, 0.15) is 17.2 Å². The van der Waals surface area contributed by atoms with E-state index in [9.17, 15) is 10.2 Å². The molecule has 1 atom stereocenters. The highest BCUT2D eigenvalue weighted by Crippen LogP contribution is 2.34. The lowest BCUT2D eigenvalue weighted by Gasteiger charge is -2.15. The second-order valence-electron chi connectivity index (χ2n) is 5.44. The first-order valence-corrected chi connectivity index (χ1v) is 7.18. The van der Waals surface area contributed by atoms with Crippen LogP contribution in [0.4, 0.5) is 0 Å². The minimum atomic E-state index is 0.0344. The Hall–Kier alpha value is -2.68. The summed E-state index contributed by atoms with van der Waals surface area (Å²) in [4.78, 5) is 0. The lowest BCUT2D eigenvalue weighted by atomic mass is 9.91. The number of phenolic OH excluding ortho intramolecular Hbond substituents is 2. The van der Waals surface area contributed by atoms with Crippen LogP contribution in [-0.2, 0) is 0 Å². The molecule has 3 heteroatoms. The summed E-state index contributed by atoms with van der Waals surface area (Å²) in [6, 6.07) is 16.9. The molecule has 0 heterocycles. The molecule has 3 aromatic rings. The molecule has 0 fully saturated rings.